The molecule has 2 N–H and O–H groups in total. The molecule has 0 bridgehead atoms. The minimum Gasteiger partial charge on any atom is -0.472 e. The van der Waals surface area contributed by atoms with E-state index < -0.39 is 5.54 Å². The maximum absolute atomic E-state index is 11.6. The van der Waals surface area contributed by atoms with Crippen LogP contribution in [0.4, 0.5) is 0 Å². The third-order valence-corrected chi connectivity index (χ3v) is 2.53. The molecule has 14 heavy (non-hydrogen) atoms. The van der Waals surface area contributed by atoms with Crippen LogP contribution in [0.5, 0.6) is 0 Å². The average Bonchev–Trinajstić information content (AvgIpc) is 2.63. The lowest BCUT2D eigenvalue weighted by Crippen LogP contribution is -2.50. The van der Waals surface area contributed by atoms with Crippen molar-refractivity contribution in [1.29, 1.82) is 0 Å². The van der Waals surface area contributed by atoms with Gasteiger partial charge < -0.3 is 14.9 Å². The fourth-order valence-electron chi connectivity index (χ4n) is 1.82. The van der Waals surface area contributed by atoms with Crippen molar-refractivity contribution in [2.45, 2.75) is 25.3 Å². The van der Waals surface area contributed by atoms with E-state index in [4.69, 9.17) is 14.9 Å². The second-order valence-electron chi connectivity index (χ2n) is 3.65. The van der Waals surface area contributed by atoms with E-state index in [1.165, 1.54) is 0 Å². The number of carbonyl (C=O) groups is 1. The maximum Gasteiger partial charge on any atom is 0.326 e. The molecule has 0 aromatic carbocycles. The molecule has 0 unspecified atom stereocenters. The van der Waals surface area contributed by atoms with Gasteiger partial charge in [-0.3, -0.25) is 4.79 Å². The molecule has 4 nitrogen and oxygen atoms in total. The van der Waals surface area contributed by atoms with Crippen molar-refractivity contribution in [3.05, 3.63) is 23.7 Å². The predicted octanol–water partition coefficient (Wildman–Crippen LogP) is 0.639. The molecule has 0 saturated carbocycles. The highest BCUT2D eigenvalue weighted by Gasteiger charge is 2.42. The third-order valence-electron chi connectivity index (χ3n) is 2.53. The zero-order valence-corrected chi connectivity index (χ0v) is 8.08. The largest absolute Gasteiger partial charge is 0.472 e. The number of rotatable bonds is 2. The van der Waals surface area contributed by atoms with Crippen LogP contribution in [0.2, 0.25) is 0 Å². The SMILES string of the molecule is CCOC(=O)C1(N)Cc2cocc2C1. The summed E-state index contributed by atoms with van der Waals surface area (Å²) in [5.41, 5.74) is 7.12. The number of fused-ring (bicyclic) bond motifs is 1. The Labute approximate surface area is 82.0 Å². The minimum atomic E-state index is -0.878. The van der Waals surface area contributed by atoms with Crippen molar-refractivity contribution in [2.24, 2.45) is 5.73 Å². The zero-order valence-electron chi connectivity index (χ0n) is 8.08. The fourth-order valence-corrected chi connectivity index (χ4v) is 1.82. The second kappa shape index (κ2) is 3.13. The highest BCUT2D eigenvalue weighted by molar-refractivity contribution is 5.82. The quantitative estimate of drug-likeness (QED) is 0.703. The molecule has 0 aliphatic heterocycles. The van der Waals surface area contributed by atoms with Crippen LogP contribution in [0.25, 0.3) is 0 Å². The lowest BCUT2D eigenvalue weighted by molar-refractivity contribution is -0.149. The lowest BCUT2D eigenvalue weighted by atomic mass is 9.98. The standard InChI is InChI=1S/C10H13NO3/c1-2-14-9(12)10(11)3-7-5-13-6-8(7)4-10/h5-6H,2-4,11H2,1H3. The number of carbonyl (C=O) groups excluding carboxylic acids is 1. The first-order chi connectivity index (χ1) is 6.65. The van der Waals surface area contributed by atoms with Crippen LogP contribution < -0.4 is 5.73 Å². The van der Waals surface area contributed by atoms with Gasteiger partial charge in [0.05, 0.1) is 19.1 Å². The van der Waals surface area contributed by atoms with Crippen LogP contribution in [-0.4, -0.2) is 18.1 Å². The van der Waals surface area contributed by atoms with Crippen molar-refractivity contribution in [2.75, 3.05) is 6.61 Å². The van der Waals surface area contributed by atoms with E-state index in [-0.39, 0.29) is 5.97 Å². The summed E-state index contributed by atoms with van der Waals surface area (Å²) in [6.45, 7) is 2.14. The number of esters is 1. The monoisotopic (exact) mass is 195 g/mol. The number of nitrogens with two attached hydrogens (primary N) is 1. The summed E-state index contributed by atoms with van der Waals surface area (Å²) in [6.07, 6.45) is 4.31. The summed E-state index contributed by atoms with van der Waals surface area (Å²) < 4.78 is 9.95. The van der Waals surface area contributed by atoms with E-state index in [0.29, 0.717) is 19.4 Å². The molecule has 76 valence electrons. The van der Waals surface area contributed by atoms with Gasteiger partial charge in [-0.2, -0.15) is 0 Å². The van der Waals surface area contributed by atoms with Gasteiger partial charge in [0, 0.05) is 12.8 Å². The molecule has 2 rings (SSSR count). The topological polar surface area (TPSA) is 65.5 Å². The minimum absolute atomic E-state index is 0.323. The Hall–Kier alpha value is -1.29. The number of ether oxygens (including phenoxy) is 1. The van der Waals surface area contributed by atoms with Crippen LogP contribution in [-0.2, 0) is 22.4 Å². The Morgan fingerprint density at radius 2 is 2.14 bits per heavy atom. The summed E-state index contributed by atoms with van der Waals surface area (Å²) >= 11 is 0. The molecule has 0 radical (unpaired) electrons. The summed E-state index contributed by atoms with van der Waals surface area (Å²) in [5.74, 6) is -0.323. The van der Waals surface area contributed by atoms with Crippen LogP contribution in [0.3, 0.4) is 0 Å². The summed E-state index contributed by atoms with van der Waals surface area (Å²) in [6, 6.07) is 0. The molecular weight excluding hydrogens is 182 g/mol. The number of hydrogen-bond acceptors (Lipinski definition) is 4. The molecule has 0 atom stereocenters. The first-order valence-electron chi connectivity index (χ1n) is 4.66. The molecular formula is C10H13NO3. The molecule has 4 heteroatoms. The average molecular weight is 195 g/mol. The summed E-state index contributed by atoms with van der Waals surface area (Å²) in [4.78, 5) is 11.6. The van der Waals surface area contributed by atoms with Gasteiger partial charge in [-0.1, -0.05) is 0 Å². The molecule has 0 spiro atoms. The van der Waals surface area contributed by atoms with E-state index in [1.807, 2.05) is 0 Å². The lowest BCUT2D eigenvalue weighted by Gasteiger charge is -2.20. The molecule has 0 saturated heterocycles. The van der Waals surface area contributed by atoms with Gasteiger partial charge in [0.25, 0.3) is 0 Å². The van der Waals surface area contributed by atoms with Crippen LogP contribution >= 0.6 is 0 Å². The zero-order chi connectivity index (χ0) is 10.2. The van der Waals surface area contributed by atoms with Gasteiger partial charge in [0.1, 0.15) is 5.54 Å². The van der Waals surface area contributed by atoms with Gasteiger partial charge >= 0.3 is 5.97 Å². The molecule has 0 amide bonds. The van der Waals surface area contributed by atoms with Crippen molar-refractivity contribution >= 4 is 5.97 Å². The van der Waals surface area contributed by atoms with Gasteiger partial charge in [-0.25, -0.2) is 0 Å². The normalized spacial score (nSPS) is 17.9. The second-order valence-corrected chi connectivity index (χ2v) is 3.65. The van der Waals surface area contributed by atoms with E-state index >= 15 is 0 Å². The molecule has 1 aliphatic carbocycles. The van der Waals surface area contributed by atoms with E-state index in [0.717, 1.165) is 11.1 Å². The van der Waals surface area contributed by atoms with E-state index in [9.17, 15) is 4.79 Å². The Kier molecular flexibility index (Phi) is 2.07. The third kappa shape index (κ3) is 1.32. The smallest absolute Gasteiger partial charge is 0.326 e. The van der Waals surface area contributed by atoms with Crippen molar-refractivity contribution in [3.8, 4) is 0 Å². The first kappa shape index (κ1) is 9.27. The highest BCUT2D eigenvalue weighted by atomic mass is 16.5. The van der Waals surface area contributed by atoms with E-state index in [2.05, 4.69) is 0 Å². The van der Waals surface area contributed by atoms with Crippen molar-refractivity contribution in [1.82, 2.24) is 0 Å². The van der Waals surface area contributed by atoms with Gasteiger partial charge in [0.15, 0.2) is 0 Å². The molecule has 0 fully saturated rings. The molecule has 1 aromatic heterocycles. The molecule has 1 aliphatic rings. The van der Waals surface area contributed by atoms with E-state index in [1.54, 1.807) is 19.5 Å². The summed E-state index contributed by atoms with van der Waals surface area (Å²) in [7, 11) is 0. The predicted molar refractivity (Wildman–Crippen MR) is 49.7 cm³/mol. The summed E-state index contributed by atoms with van der Waals surface area (Å²) in [5, 5.41) is 0. The number of hydrogen-bond donors (Lipinski definition) is 1. The Balaban J connectivity index is 2.15. The molecule has 1 aromatic rings. The van der Waals surface area contributed by atoms with Crippen LogP contribution in [0, 0.1) is 0 Å². The van der Waals surface area contributed by atoms with Gasteiger partial charge in [-0.15, -0.1) is 0 Å². The number of furan rings is 1. The Morgan fingerprint density at radius 3 is 2.64 bits per heavy atom. The van der Waals surface area contributed by atoms with Crippen LogP contribution in [0.15, 0.2) is 16.9 Å². The first-order valence-corrected chi connectivity index (χ1v) is 4.66. The van der Waals surface area contributed by atoms with Gasteiger partial charge in [-0.05, 0) is 18.1 Å². The Morgan fingerprint density at radius 1 is 1.57 bits per heavy atom. The van der Waals surface area contributed by atoms with Gasteiger partial charge in [0.2, 0.25) is 0 Å². The van der Waals surface area contributed by atoms with Crippen LogP contribution in [0.1, 0.15) is 18.1 Å². The van der Waals surface area contributed by atoms with Crippen molar-refractivity contribution in [3.63, 3.8) is 0 Å². The van der Waals surface area contributed by atoms with Crippen molar-refractivity contribution < 1.29 is 13.9 Å². The Bertz CT molecular complexity index is 336. The molecule has 1 heterocycles. The highest BCUT2D eigenvalue weighted by Crippen LogP contribution is 2.29. The fraction of sp³-hybridized carbons (Fsp3) is 0.500. The maximum atomic E-state index is 11.6.